The van der Waals surface area contributed by atoms with Gasteiger partial charge in [0.2, 0.25) is 0 Å². The number of unbranched alkanes of at least 4 members (excludes halogenated alkanes) is 1. The highest BCUT2D eigenvalue weighted by Gasteiger charge is 2.14. The summed E-state index contributed by atoms with van der Waals surface area (Å²) in [6, 6.07) is 5.07. The van der Waals surface area contributed by atoms with E-state index >= 15 is 0 Å². The number of anilines is 1. The molecule has 1 aromatic carbocycles. The maximum Gasteiger partial charge on any atom is 0.344 e. The predicted molar refractivity (Wildman–Crippen MR) is 71.7 cm³/mol. The van der Waals surface area contributed by atoms with Gasteiger partial charge >= 0.3 is 11.9 Å². The highest BCUT2D eigenvalue weighted by molar-refractivity contribution is 5.96. The van der Waals surface area contributed by atoms with Gasteiger partial charge in [-0.25, -0.2) is 9.59 Å². The fourth-order valence-corrected chi connectivity index (χ4v) is 1.43. The average molecular weight is 265 g/mol. The van der Waals surface area contributed by atoms with Crippen LogP contribution in [0.15, 0.2) is 18.2 Å². The molecule has 0 fully saturated rings. The molecule has 0 unspecified atom stereocenters. The number of carbonyl (C=O) groups excluding carboxylic acids is 2. The number of hydrogen-bond donors (Lipinski definition) is 1. The Bertz CT molecular complexity index is 457. The molecule has 5 nitrogen and oxygen atoms in total. The molecule has 0 aromatic heterocycles. The Morgan fingerprint density at radius 1 is 1.26 bits per heavy atom. The van der Waals surface area contributed by atoms with E-state index in [4.69, 9.17) is 15.2 Å². The van der Waals surface area contributed by atoms with Gasteiger partial charge in [-0.2, -0.15) is 0 Å². The summed E-state index contributed by atoms with van der Waals surface area (Å²) < 4.78 is 9.74. The fourth-order valence-electron chi connectivity index (χ4n) is 1.43. The van der Waals surface area contributed by atoms with E-state index in [1.165, 1.54) is 0 Å². The summed E-state index contributed by atoms with van der Waals surface area (Å²) in [6.07, 6.45) is 1.73. The van der Waals surface area contributed by atoms with Gasteiger partial charge in [0.05, 0.1) is 12.2 Å². The van der Waals surface area contributed by atoms with E-state index in [0.29, 0.717) is 12.3 Å². The van der Waals surface area contributed by atoms with Crippen LogP contribution in [0.1, 0.15) is 35.7 Å². The minimum absolute atomic E-state index is 0.265. The van der Waals surface area contributed by atoms with Crippen molar-refractivity contribution >= 4 is 17.6 Å². The molecule has 0 saturated heterocycles. The monoisotopic (exact) mass is 265 g/mol. The van der Waals surface area contributed by atoms with E-state index in [9.17, 15) is 9.59 Å². The highest BCUT2D eigenvalue weighted by atomic mass is 16.6. The number of rotatable bonds is 6. The molecule has 0 saturated carbocycles. The number of aryl methyl sites for hydroxylation is 1. The van der Waals surface area contributed by atoms with Crippen molar-refractivity contribution in [1.29, 1.82) is 0 Å². The Kier molecular flexibility index (Phi) is 5.85. The topological polar surface area (TPSA) is 78.6 Å². The second-order valence-corrected chi connectivity index (χ2v) is 4.19. The lowest BCUT2D eigenvalue weighted by Gasteiger charge is -2.08. The third-order valence-electron chi connectivity index (χ3n) is 2.63. The lowest BCUT2D eigenvalue weighted by molar-refractivity contribution is -0.147. The van der Waals surface area contributed by atoms with E-state index in [1.54, 1.807) is 25.1 Å². The maximum atomic E-state index is 11.7. The number of para-hydroxylation sites is 1. The second kappa shape index (κ2) is 7.41. The standard InChI is InChI=1S/C14H19NO4/c1-3-4-8-18-12(16)9-19-14(17)11-7-5-6-10(2)13(11)15/h5-7H,3-4,8-9,15H2,1-2H3. The molecule has 19 heavy (non-hydrogen) atoms. The van der Waals surface area contributed by atoms with Crippen molar-refractivity contribution in [3.8, 4) is 0 Å². The Morgan fingerprint density at radius 3 is 2.68 bits per heavy atom. The van der Waals surface area contributed by atoms with E-state index in [1.807, 2.05) is 6.92 Å². The van der Waals surface area contributed by atoms with Gasteiger partial charge in [-0.15, -0.1) is 0 Å². The lowest BCUT2D eigenvalue weighted by Crippen LogP contribution is -2.18. The van der Waals surface area contributed by atoms with E-state index in [2.05, 4.69) is 0 Å². The Balaban J connectivity index is 2.47. The molecule has 0 aliphatic heterocycles. The van der Waals surface area contributed by atoms with Crippen molar-refractivity contribution in [3.63, 3.8) is 0 Å². The number of carbonyl (C=O) groups is 2. The van der Waals surface area contributed by atoms with Crippen LogP contribution in [0, 0.1) is 6.92 Å². The SMILES string of the molecule is CCCCOC(=O)COC(=O)c1cccc(C)c1N. The summed E-state index contributed by atoms with van der Waals surface area (Å²) in [5.74, 6) is -1.17. The second-order valence-electron chi connectivity index (χ2n) is 4.19. The quantitative estimate of drug-likeness (QED) is 0.484. The lowest BCUT2D eigenvalue weighted by atomic mass is 10.1. The number of benzene rings is 1. The fraction of sp³-hybridized carbons (Fsp3) is 0.429. The van der Waals surface area contributed by atoms with Gasteiger partial charge in [0.25, 0.3) is 0 Å². The summed E-state index contributed by atoms with van der Waals surface area (Å²) in [4.78, 5) is 23.0. The van der Waals surface area contributed by atoms with Gasteiger partial charge in [-0.3, -0.25) is 0 Å². The van der Waals surface area contributed by atoms with Gasteiger partial charge in [0.1, 0.15) is 0 Å². The zero-order valence-electron chi connectivity index (χ0n) is 11.3. The third-order valence-corrected chi connectivity index (χ3v) is 2.63. The predicted octanol–water partition coefficient (Wildman–Crippen LogP) is 2.08. The molecule has 0 aliphatic carbocycles. The van der Waals surface area contributed by atoms with Crippen molar-refractivity contribution < 1.29 is 19.1 Å². The number of nitrogen functional groups attached to an aromatic ring is 1. The van der Waals surface area contributed by atoms with Crippen molar-refractivity contribution in [2.45, 2.75) is 26.7 Å². The summed E-state index contributed by atoms with van der Waals surface area (Å²) in [7, 11) is 0. The summed E-state index contributed by atoms with van der Waals surface area (Å²) in [5.41, 5.74) is 7.20. The first-order valence-corrected chi connectivity index (χ1v) is 6.24. The van der Waals surface area contributed by atoms with Crippen LogP contribution in [0.2, 0.25) is 0 Å². The first-order valence-electron chi connectivity index (χ1n) is 6.24. The van der Waals surface area contributed by atoms with Crippen LogP contribution < -0.4 is 5.73 Å². The van der Waals surface area contributed by atoms with Crippen LogP contribution >= 0.6 is 0 Å². The van der Waals surface area contributed by atoms with Crippen molar-refractivity contribution in [2.75, 3.05) is 18.9 Å². The Hall–Kier alpha value is -2.04. The van der Waals surface area contributed by atoms with Crippen LogP contribution in [0.25, 0.3) is 0 Å². The molecule has 2 N–H and O–H groups in total. The van der Waals surface area contributed by atoms with Crippen molar-refractivity contribution in [2.24, 2.45) is 0 Å². The molecule has 1 aromatic rings. The molecule has 0 heterocycles. The van der Waals surface area contributed by atoms with Crippen molar-refractivity contribution in [1.82, 2.24) is 0 Å². The molecule has 0 amide bonds. The molecular weight excluding hydrogens is 246 g/mol. The molecule has 0 atom stereocenters. The van der Waals surface area contributed by atoms with Crippen LogP contribution in [0.4, 0.5) is 5.69 Å². The van der Waals surface area contributed by atoms with Crippen LogP contribution in [0.3, 0.4) is 0 Å². The molecule has 0 aliphatic rings. The molecule has 104 valence electrons. The van der Waals surface area contributed by atoms with Crippen molar-refractivity contribution in [3.05, 3.63) is 29.3 Å². The average Bonchev–Trinajstić information content (AvgIpc) is 2.39. The number of esters is 2. The molecule has 5 heteroatoms. The summed E-state index contributed by atoms with van der Waals surface area (Å²) >= 11 is 0. The van der Waals surface area contributed by atoms with Gasteiger partial charge in [0.15, 0.2) is 6.61 Å². The number of ether oxygens (including phenoxy) is 2. The first-order chi connectivity index (χ1) is 9.06. The molecule has 0 bridgehead atoms. The third kappa shape index (κ3) is 4.62. The normalized spacial score (nSPS) is 10.0. The van der Waals surface area contributed by atoms with E-state index in [-0.39, 0.29) is 5.56 Å². The van der Waals surface area contributed by atoms with Gasteiger partial charge < -0.3 is 15.2 Å². The minimum Gasteiger partial charge on any atom is -0.463 e. The summed E-state index contributed by atoms with van der Waals surface area (Å²) in [5, 5.41) is 0. The number of hydrogen-bond acceptors (Lipinski definition) is 5. The molecule has 0 radical (unpaired) electrons. The molecule has 0 spiro atoms. The zero-order chi connectivity index (χ0) is 14.3. The van der Waals surface area contributed by atoms with Crippen LogP contribution in [0.5, 0.6) is 0 Å². The Labute approximate surface area is 112 Å². The van der Waals surface area contributed by atoms with E-state index in [0.717, 1.165) is 18.4 Å². The van der Waals surface area contributed by atoms with E-state index < -0.39 is 18.5 Å². The first kappa shape index (κ1) is 15.0. The Morgan fingerprint density at radius 2 is 2.00 bits per heavy atom. The highest BCUT2D eigenvalue weighted by Crippen LogP contribution is 2.17. The zero-order valence-corrected chi connectivity index (χ0v) is 11.3. The largest absolute Gasteiger partial charge is 0.463 e. The number of nitrogens with two attached hydrogens (primary N) is 1. The van der Waals surface area contributed by atoms with Gasteiger partial charge in [-0.1, -0.05) is 25.5 Å². The van der Waals surface area contributed by atoms with Gasteiger partial charge in [0, 0.05) is 5.69 Å². The minimum atomic E-state index is -0.617. The maximum absolute atomic E-state index is 11.7. The molecular formula is C14H19NO4. The smallest absolute Gasteiger partial charge is 0.344 e. The molecule has 1 rings (SSSR count). The van der Waals surface area contributed by atoms with Gasteiger partial charge in [-0.05, 0) is 25.0 Å². The van der Waals surface area contributed by atoms with Crippen LogP contribution in [-0.4, -0.2) is 25.2 Å². The van der Waals surface area contributed by atoms with Crippen LogP contribution in [-0.2, 0) is 14.3 Å². The summed E-state index contributed by atoms with van der Waals surface area (Å²) in [6.45, 7) is 3.74.